The molecule has 1 heterocycles. The van der Waals surface area contributed by atoms with Gasteiger partial charge < -0.3 is 39.0 Å². The van der Waals surface area contributed by atoms with E-state index in [0.29, 0.717) is 19.3 Å². The van der Waals surface area contributed by atoms with Crippen molar-refractivity contribution in [2.75, 3.05) is 13.2 Å². The Morgan fingerprint density at radius 1 is 0.522 bits per heavy atom. The van der Waals surface area contributed by atoms with Gasteiger partial charge in [-0.15, -0.1) is 0 Å². The molecule has 0 radical (unpaired) electrons. The van der Waals surface area contributed by atoms with E-state index in [1.807, 2.05) is 12.2 Å². The lowest BCUT2D eigenvalue weighted by atomic mass is 9.98. The standard InChI is InChI=1S/C55H88O12/c1-4-7-10-13-16-19-21-23-24-26-28-31-34-37-40-43-49(58)66-53-51(60)50(59)52(54(61)62)67-55(53)64-45-46(65-48(57)42-39-36-33-29-18-15-12-9-6-3)44-63-47(56)41-38-35-32-30-27-25-22-20-17-14-11-8-5-2/h7,10-11,14,16,19-20,22-24,28,31,37,40,46,50-53,55,59-60H,4-6,8-9,12-13,15,17-18,21,25-27,29-30,32-36,38-39,41-45H2,1-3H3,(H,61,62)/b10-7-,14-11-,19-16-,22-20-,24-23-,31-28-,40-37-. The fourth-order valence-corrected chi connectivity index (χ4v) is 7.07. The lowest BCUT2D eigenvalue weighted by Gasteiger charge is -2.40. The van der Waals surface area contributed by atoms with Gasteiger partial charge in [0.2, 0.25) is 0 Å². The van der Waals surface area contributed by atoms with Crippen molar-refractivity contribution >= 4 is 23.9 Å². The van der Waals surface area contributed by atoms with Gasteiger partial charge in [0, 0.05) is 12.8 Å². The van der Waals surface area contributed by atoms with Crippen molar-refractivity contribution in [1.82, 2.24) is 0 Å². The highest BCUT2D eigenvalue weighted by Gasteiger charge is 2.50. The first-order valence-corrected chi connectivity index (χ1v) is 25.6. The summed E-state index contributed by atoms with van der Waals surface area (Å²) in [5.41, 5.74) is 0. The van der Waals surface area contributed by atoms with Gasteiger partial charge in [0.1, 0.15) is 18.8 Å². The van der Waals surface area contributed by atoms with Crippen LogP contribution in [0.1, 0.15) is 188 Å². The molecule has 0 spiro atoms. The van der Waals surface area contributed by atoms with Crippen molar-refractivity contribution in [3.05, 3.63) is 85.1 Å². The van der Waals surface area contributed by atoms with Gasteiger partial charge in [-0.1, -0.05) is 183 Å². The molecule has 0 aromatic heterocycles. The van der Waals surface area contributed by atoms with Crippen LogP contribution in [-0.2, 0) is 42.9 Å². The van der Waals surface area contributed by atoms with Crippen LogP contribution < -0.4 is 0 Å². The normalized spacial score (nSPS) is 19.6. The fourth-order valence-electron chi connectivity index (χ4n) is 7.07. The number of aliphatic hydroxyl groups is 2. The number of aliphatic carboxylic acids is 1. The second kappa shape index (κ2) is 43.2. The molecule has 1 rings (SSSR count). The van der Waals surface area contributed by atoms with E-state index in [0.717, 1.165) is 96.3 Å². The summed E-state index contributed by atoms with van der Waals surface area (Å²) in [7, 11) is 0. The second-order valence-corrected chi connectivity index (χ2v) is 17.1. The molecule has 0 aromatic carbocycles. The number of carbonyl (C=O) groups is 4. The van der Waals surface area contributed by atoms with Crippen LogP contribution in [-0.4, -0.2) is 89.2 Å². The zero-order chi connectivity index (χ0) is 49.0. The summed E-state index contributed by atoms with van der Waals surface area (Å²) >= 11 is 0. The van der Waals surface area contributed by atoms with E-state index in [9.17, 15) is 34.5 Å². The quantitative estimate of drug-likeness (QED) is 0.0229. The molecule has 0 aromatic rings. The van der Waals surface area contributed by atoms with Gasteiger partial charge in [-0.05, 0) is 70.6 Å². The molecule has 3 N–H and O–H groups in total. The Labute approximate surface area is 403 Å². The molecule has 0 saturated carbocycles. The third-order valence-electron chi connectivity index (χ3n) is 11.0. The molecule has 67 heavy (non-hydrogen) atoms. The molecule has 0 bridgehead atoms. The van der Waals surface area contributed by atoms with E-state index in [1.165, 1.54) is 32.1 Å². The van der Waals surface area contributed by atoms with E-state index in [4.69, 9.17) is 23.7 Å². The number of aliphatic hydroxyl groups excluding tert-OH is 2. The number of ether oxygens (including phenoxy) is 5. The molecule has 380 valence electrons. The van der Waals surface area contributed by atoms with Crippen LogP contribution in [0.4, 0.5) is 0 Å². The average Bonchev–Trinajstić information content (AvgIpc) is 3.31. The summed E-state index contributed by atoms with van der Waals surface area (Å²) < 4.78 is 28.1. The number of esters is 3. The molecule has 12 nitrogen and oxygen atoms in total. The third-order valence-corrected chi connectivity index (χ3v) is 11.0. The topological polar surface area (TPSA) is 175 Å². The summed E-state index contributed by atoms with van der Waals surface area (Å²) in [6.45, 7) is 5.69. The molecule has 0 amide bonds. The molecule has 1 saturated heterocycles. The first-order valence-electron chi connectivity index (χ1n) is 25.6. The number of unbranched alkanes of at least 4 members (excludes halogenated alkanes) is 14. The maximum atomic E-state index is 13.0. The largest absolute Gasteiger partial charge is 0.479 e. The highest BCUT2D eigenvalue weighted by molar-refractivity contribution is 5.74. The smallest absolute Gasteiger partial charge is 0.335 e. The highest BCUT2D eigenvalue weighted by atomic mass is 16.7. The van der Waals surface area contributed by atoms with Gasteiger partial charge in [0.15, 0.2) is 24.6 Å². The van der Waals surface area contributed by atoms with Gasteiger partial charge in [-0.2, -0.15) is 0 Å². The van der Waals surface area contributed by atoms with Crippen LogP contribution in [0.3, 0.4) is 0 Å². The summed E-state index contributed by atoms with van der Waals surface area (Å²) in [6, 6.07) is 0. The molecule has 12 heteroatoms. The summed E-state index contributed by atoms with van der Waals surface area (Å²) in [4.78, 5) is 50.7. The van der Waals surface area contributed by atoms with Crippen LogP contribution in [0.25, 0.3) is 0 Å². The average molecular weight is 941 g/mol. The molecule has 1 aliphatic heterocycles. The molecule has 1 fully saturated rings. The monoisotopic (exact) mass is 941 g/mol. The predicted octanol–water partition coefficient (Wildman–Crippen LogP) is 12.0. The maximum absolute atomic E-state index is 13.0. The van der Waals surface area contributed by atoms with Crippen molar-refractivity contribution < 1.29 is 58.2 Å². The minimum Gasteiger partial charge on any atom is -0.479 e. The minimum absolute atomic E-state index is 0.147. The van der Waals surface area contributed by atoms with Crippen molar-refractivity contribution in [1.29, 1.82) is 0 Å². The highest BCUT2D eigenvalue weighted by Crippen LogP contribution is 2.26. The minimum atomic E-state index is -1.94. The van der Waals surface area contributed by atoms with Crippen LogP contribution >= 0.6 is 0 Å². The molecular weight excluding hydrogens is 853 g/mol. The molecule has 6 unspecified atom stereocenters. The van der Waals surface area contributed by atoms with Crippen LogP contribution in [0.15, 0.2) is 85.1 Å². The first-order chi connectivity index (χ1) is 32.6. The second-order valence-electron chi connectivity index (χ2n) is 17.1. The number of allylic oxidation sites excluding steroid dienone is 13. The van der Waals surface area contributed by atoms with Gasteiger partial charge in [0.25, 0.3) is 0 Å². The van der Waals surface area contributed by atoms with Gasteiger partial charge in [-0.3, -0.25) is 14.4 Å². The number of hydrogen-bond donors (Lipinski definition) is 3. The Balaban J connectivity index is 2.79. The zero-order valence-electron chi connectivity index (χ0n) is 41.4. The summed E-state index contributed by atoms with van der Waals surface area (Å²) in [5, 5.41) is 31.2. The van der Waals surface area contributed by atoms with Crippen molar-refractivity contribution in [3.63, 3.8) is 0 Å². The first kappa shape index (κ1) is 60.9. The number of carboxylic acids is 1. The Hall–Kier alpha value is -4.10. The predicted molar refractivity (Wildman–Crippen MR) is 266 cm³/mol. The van der Waals surface area contributed by atoms with E-state index < -0.39 is 67.3 Å². The number of rotatable bonds is 41. The van der Waals surface area contributed by atoms with Crippen molar-refractivity contribution in [2.24, 2.45) is 0 Å². The lowest BCUT2D eigenvalue weighted by molar-refractivity contribution is -0.301. The lowest BCUT2D eigenvalue weighted by Crippen LogP contribution is -2.61. The third kappa shape index (κ3) is 33.9. The molecule has 0 aliphatic carbocycles. The van der Waals surface area contributed by atoms with Crippen molar-refractivity contribution in [3.8, 4) is 0 Å². The molecular formula is C55H88O12. The number of hydrogen-bond acceptors (Lipinski definition) is 11. The molecule has 1 aliphatic rings. The summed E-state index contributed by atoms with van der Waals surface area (Å²) in [6.07, 6.45) is 41.8. The SMILES string of the molecule is CC/C=C\C/C=C\C/C=C\C/C=C\C/C=C\CC(=O)OC1C(OCC(COC(=O)CCCCCCC/C=C\C/C=C\CCC)OC(=O)CCCCCCCCCCC)OC(C(=O)O)C(O)C1O. The van der Waals surface area contributed by atoms with Gasteiger partial charge >= 0.3 is 23.9 Å². The zero-order valence-corrected chi connectivity index (χ0v) is 41.4. The van der Waals surface area contributed by atoms with Gasteiger partial charge in [0.05, 0.1) is 13.0 Å². The van der Waals surface area contributed by atoms with Crippen molar-refractivity contribution in [2.45, 2.75) is 225 Å². The Kier molecular flexibility index (Phi) is 39.3. The number of carboxylic acid groups (broad SMARTS) is 1. The van der Waals surface area contributed by atoms with Crippen LogP contribution in [0.2, 0.25) is 0 Å². The Bertz CT molecular complexity index is 1490. The van der Waals surface area contributed by atoms with Crippen LogP contribution in [0, 0.1) is 0 Å². The maximum Gasteiger partial charge on any atom is 0.335 e. The van der Waals surface area contributed by atoms with Gasteiger partial charge in [-0.25, -0.2) is 4.79 Å². The summed E-state index contributed by atoms with van der Waals surface area (Å²) in [5.74, 6) is -3.31. The Morgan fingerprint density at radius 2 is 1.01 bits per heavy atom. The fraction of sp³-hybridized carbons (Fsp3) is 0.673. The Morgan fingerprint density at radius 3 is 1.57 bits per heavy atom. The van der Waals surface area contributed by atoms with E-state index in [1.54, 1.807) is 12.2 Å². The van der Waals surface area contributed by atoms with E-state index >= 15 is 0 Å². The molecule has 6 atom stereocenters. The number of carbonyl (C=O) groups excluding carboxylic acids is 3. The van der Waals surface area contributed by atoms with E-state index in [2.05, 4.69) is 81.5 Å². The van der Waals surface area contributed by atoms with E-state index in [-0.39, 0.29) is 25.9 Å². The van der Waals surface area contributed by atoms with Crippen LogP contribution in [0.5, 0.6) is 0 Å².